The van der Waals surface area contributed by atoms with Crippen LogP contribution in [-0.2, 0) is 0 Å². The van der Waals surface area contributed by atoms with Crippen molar-refractivity contribution in [2.45, 2.75) is 32.7 Å². The maximum atomic E-state index is 5.93. The Balaban J connectivity index is 1.89. The van der Waals surface area contributed by atoms with Crippen LogP contribution in [0, 0.1) is 11.8 Å². The summed E-state index contributed by atoms with van der Waals surface area (Å²) in [4.78, 5) is 4.52. The van der Waals surface area contributed by atoms with E-state index in [0.29, 0.717) is 17.9 Å². The Bertz CT molecular complexity index is 456. The van der Waals surface area contributed by atoms with E-state index in [0.717, 1.165) is 17.4 Å². The van der Waals surface area contributed by atoms with Crippen molar-refractivity contribution in [2.24, 2.45) is 22.6 Å². The number of aliphatic imine (C=N–C) groups is 1. The topological polar surface area (TPSA) is 59.6 Å². The van der Waals surface area contributed by atoms with Gasteiger partial charge in [0.05, 0.1) is 13.2 Å². The van der Waals surface area contributed by atoms with E-state index in [9.17, 15) is 0 Å². The van der Waals surface area contributed by atoms with E-state index in [4.69, 9.17) is 10.5 Å². The Kier molecular flexibility index (Phi) is 4.30. The lowest BCUT2D eigenvalue weighted by Crippen LogP contribution is -2.23. The number of nitrogens with one attached hydrogen (secondary N) is 1. The molecule has 104 valence electrons. The molecule has 0 spiro atoms. The largest absolute Gasteiger partial charge is 0.497 e. The number of rotatable bonds is 5. The van der Waals surface area contributed by atoms with Crippen LogP contribution in [0.1, 0.15) is 26.7 Å². The van der Waals surface area contributed by atoms with Gasteiger partial charge in [0.25, 0.3) is 0 Å². The molecule has 0 aliphatic heterocycles. The number of anilines is 1. The van der Waals surface area contributed by atoms with Crippen LogP contribution in [0.5, 0.6) is 5.75 Å². The van der Waals surface area contributed by atoms with Crippen LogP contribution in [0.25, 0.3) is 0 Å². The second-order valence-corrected chi connectivity index (χ2v) is 5.56. The van der Waals surface area contributed by atoms with Crippen molar-refractivity contribution in [3.05, 3.63) is 24.3 Å². The van der Waals surface area contributed by atoms with Crippen LogP contribution < -0.4 is 15.8 Å². The molecule has 2 atom stereocenters. The Morgan fingerprint density at radius 2 is 2.32 bits per heavy atom. The molecule has 0 heterocycles. The molecule has 19 heavy (non-hydrogen) atoms. The summed E-state index contributed by atoms with van der Waals surface area (Å²) in [6, 6.07) is 8.08. The van der Waals surface area contributed by atoms with Gasteiger partial charge in [-0.05, 0) is 36.8 Å². The Hall–Kier alpha value is -1.71. The minimum atomic E-state index is 0.403. The molecule has 1 aromatic carbocycles. The minimum absolute atomic E-state index is 0.403. The zero-order valence-corrected chi connectivity index (χ0v) is 11.9. The Morgan fingerprint density at radius 3 is 3.00 bits per heavy atom. The fourth-order valence-corrected chi connectivity index (χ4v) is 2.31. The zero-order chi connectivity index (χ0) is 13.8. The van der Waals surface area contributed by atoms with Crippen molar-refractivity contribution in [3.8, 4) is 5.75 Å². The van der Waals surface area contributed by atoms with Crippen molar-refractivity contribution in [1.82, 2.24) is 0 Å². The maximum absolute atomic E-state index is 5.93. The standard InChI is InChI=1S/C15H23N3O/c1-10(2)7-11-8-14(11)18-15(16)17-12-5-4-6-13(9-12)19-3/h4-6,9-11,14H,7-8H2,1-3H3,(H3,16,17,18)/t11-,14-/m1/s1. The summed E-state index contributed by atoms with van der Waals surface area (Å²) < 4.78 is 5.17. The lowest BCUT2D eigenvalue weighted by Gasteiger charge is -2.07. The van der Waals surface area contributed by atoms with Crippen LogP contribution in [0.2, 0.25) is 0 Å². The number of nitrogens with two attached hydrogens (primary N) is 1. The molecule has 1 aliphatic carbocycles. The van der Waals surface area contributed by atoms with Gasteiger partial charge in [-0.1, -0.05) is 19.9 Å². The van der Waals surface area contributed by atoms with Gasteiger partial charge in [0.15, 0.2) is 5.96 Å². The highest BCUT2D eigenvalue weighted by molar-refractivity contribution is 5.92. The molecule has 2 rings (SSSR count). The molecule has 1 saturated carbocycles. The first-order valence-corrected chi connectivity index (χ1v) is 6.83. The third-order valence-corrected chi connectivity index (χ3v) is 3.31. The van der Waals surface area contributed by atoms with Crippen LogP contribution >= 0.6 is 0 Å². The molecule has 3 N–H and O–H groups in total. The summed E-state index contributed by atoms with van der Waals surface area (Å²) in [6.45, 7) is 4.49. The first kappa shape index (κ1) is 13.7. The second-order valence-electron chi connectivity index (χ2n) is 5.56. The van der Waals surface area contributed by atoms with E-state index in [1.165, 1.54) is 12.8 Å². The van der Waals surface area contributed by atoms with Gasteiger partial charge in [-0.3, -0.25) is 0 Å². The molecule has 0 bridgehead atoms. The number of hydrogen-bond donors (Lipinski definition) is 2. The van der Waals surface area contributed by atoms with E-state index >= 15 is 0 Å². The predicted octanol–water partition coefficient (Wildman–Crippen LogP) is 2.86. The summed E-state index contributed by atoms with van der Waals surface area (Å²) in [7, 11) is 1.65. The molecular weight excluding hydrogens is 238 g/mol. The van der Waals surface area contributed by atoms with Gasteiger partial charge in [0.1, 0.15) is 5.75 Å². The van der Waals surface area contributed by atoms with Gasteiger partial charge >= 0.3 is 0 Å². The molecule has 0 aromatic heterocycles. The van der Waals surface area contributed by atoms with Crippen molar-refractivity contribution < 1.29 is 4.74 Å². The fourth-order valence-electron chi connectivity index (χ4n) is 2.31. The summed E-state index contributed by atoms with van der Waals surface area (Å²) >= 11 is 0. The number of nitrogens with zero attached hydrogens (tertiary/aromatic N) is 1. The van der Waals surface area contributed by atoms with Crippen molar-refractivity contribution in [3.63, 3.8) is 0 Å². The minimum Gasteiger partial charge on any atom is -0.497 e. The first-order chi connectivity index (χ1) is 9.08. The SMILES string of the molecule is COc1cccc(NC(N)=N[C@@H]2C[C@H]2CC(C)C)c1. The van der Waals surface area contributed by atoms with E-state index in [1.54, 1.807) is 7.11 Å². The van der Waals surface area contributed by atoms with Gasteiger partial charge in [-0.25, -0.2) is 4.99 Å². The van der Waals surface area contributed by atoms with E-state index in [2.05, 4.69) is 24.2 Å². The van der Waals surface area contributed by atoms with Gasteiger partial charge in [0, 0.05) is 11.8 Å². The van der Waals surface area contributed by atoms with E-state index in [-0.39, 0.29) is 0 Å². The molecular formula is C15H23N3O. The van der Waals surface area contributed by atoms with Crippen LogP contribution in [0.4, 0.5) is 5.69 Å². The lowest BCUT2D eigenvalue weighted by atomic mass is 10.1. The first-order valence-electron chi connectivity index (χ1n) is 6.83. The average molecular weight is 261 g/mol. The van der Waals surface area contributed by atoms with E-state index in [1.807, 2.05) is 24.3 Å². The molecule has 4 heteroatoms. The van der Waals surface area contributed by atoms with Gasteiger partial charge in [-0.2, -0.15) is 0 Å². The highest BCUT2D eigenvalue weighted by atomic mass is 16.5. The molecule has 0 radical (unpaired) electrons. The molecule has 4 nitrogen and oxygen atoms in total. The number of methoxy groups -OCH3 is 1. The third kappa shape index (κ3) is 4.16. The van der Waals surface area contributed by atoms with Gasteiger partial charge < -0.3 is 15.8 Å². The van der Waals surface area contributed by atoms with Gasteiger partial charge in [-0.15, -0.1) is 0 Å². The fraction of sp³-hybridized carbons (Fsp3) is 0.533. The highest BCUT2D eigenvalue weighted by Gasteiger charge is 2.37. The quantitative estimate of drug-likeness (QED) is 0.633. The Labute approximate surface area is 115 Å². The van der Waals surface area contributed by atoms with Crippen molar-refractivity contribution in [2.75, 3.05) is 12.4 Å². The zero-order valence-electron chi connectivity index (χ0n) is 11.9. The molecule has 1 fully saturated rings. The predicted molar refractivity (Wildman–Crippen MR) is 79.6 cm³/mol. The monoisotopic (exact) mass is 261 g/mol. The number of hydrogen-bond acceptors (Lipinski definition) is 2. The van der Waals surface area contributed by atoms with Crippen LogP contribution in [-0.4, -0.2) is 19.1 Å². The Morgan fingerprint density at radius 1 is 1.53 bits per heavy atom. The van der Waals surface area contributed by atoms with Gasteiger partial charge in [0.2, 0.25) is 0 Å². The highest BCUT2D eigenvalue weighted by Crippen LogP contribution is 2.39. The van der Waals surface area contributed by atoms with E-state index < -0.39 is 0 Å². The second kappa shape index (κ2) is 5.95. The van der Waals surface area contributed by atoms with Crippen molar-refractivity contribution in [1.29, 1.82) is 0 Å². The average Bonchev–Trinajstić information content (AvgIpc) is 3.06. The number of benzene rings is 1. The molecule has 1 aromatic rings. The molecule has 1 aliphatic rings. The number of ether oxygens (including phenoxy) is 1. The number of guanidine groups is 1. The normalized spacial score (nSPS) is 22.4. The summed E-state index contributed by atoms with van der Waals surface area (Å²) in [5.41, 5.74) is 6.83. The summed E-state index contributed by atoms with van der Waals surface area (Å²) in [5.74, 6) is 2.75. The third-order valence-electron chi connectivity index (χ3n) is 3.31. The summed E-state index contributed by atoms with van der Waals surface area (Å²) in [6.07, 6.45) is 2.40. The van der Waals surface area contributed by atoms with Crippen LogP contribution in [0.3, 0.4) is 0 Å². The molecule has 0 saturated heterocycles. The van der Waals surface area contributed by atoms with Crippen molar-refractivity contribution >= 4 is 11.6 Å². The molecule has 0 unspecified atom stereocenters. The smallest absolute Gasteiger partial charge is 0.193 e. The summed E-state index contributed by atoms with van der Waals surface area (Å²) in [5, 5.41) is 3.11. The maximum Gasteiger partial charge on any atom is 0.193 e. The molecule has 0 amide bonds. The lowest BCUT2D eigenvalue weighted by molar-refractivity contribution is 0.415. The van der Waals surface area contributed by atoms with Crippen LogP contribution in [0.15, 0.2) is 29.3 Å².